The van der Waals surface area contributed by atoms with E-state index in [0.29, 0.717) is 6.61 Å². The maximum atomic E-state index is 10.2. The van der Waals surface area contributed by atoms with E-state index in [-0.39, 0.29) is 0 Å². The molecule has 0 aromatic heterocycles. The number of benzene rings is 3. The van der Waals surface area contributed by atoms with E-state index in [4.69, 9.17) is 9.47 Å². The van der Waals surface area contributed by atoms with Gasteiger partial charge in [0.2, 0.25) is 0 Å². The number of fused-ring (bicyclic) bond motifs is 1. The topological polar surface area (TPSA) is 38.7 Å². The molecule has 3 heteroatoms. The molecule has 1 atom stereocenters. The van der Waals surface area contributed by atoms with Crippen LogP contribution in [0.15, 0.2) is 66.7 Å². The monoisotopic (exact) mass is 294 g/mol. The van der Waals surface area contributed by atoms with Crippen LogP contribution in [0, 0.1) is 0 Å². The number of aliphatic hydroxyl groups is 1. The molecule has 0 aliphatic heterocycles. The number of ether oxygens (including phenoxy) is 2. The summed E-state index contributed by atoms with van der Waals surface area (Å²) in [7, 11) is 1.63. The molecule has 0 saturated heterocycles. The molecule has 0 aliphatic rings. The van der Waals surface area contributed by atoms with Crippen molar-refractivity contribution in [3.05, 3.63) is 77.9 Å². The number of hydrogen-bond acceptors (Lipinski definition) is 3. The molecule has 1 unspecified atom stereocenters. The Morgan fingerprint density at radius 2 is 1.73 bits per heavy atom. The summed E-state index contributed by atoms with van der Waals surface area (Å²) in [6, 6.07) is 21.5. The molecule has 3 rings (SSSR count). The quantitative estimate of drug-likeness (QED) is 0.721. The lowest BCUT2D eigenvalue weighted by Crippen LogP contribution is -2.03. The van der Waals surface area contributed by atoms with Crippen LogP contribution in [0.3, 0.4) is 0 Å². The van der Waals surface area contributed by atoms with Gasteiger partial charge in [-0.05, 0) is 34.5 Å². The fourth-order valence-electron chi connectivity index (χ4n) is 2.40. The summed E-state index contributed by atoms with van der Waals surface area (Å²) < 4.78 is 10.7. The Kier molecular flexibility index (Phi) is 4.37. The van der Waals surface area contributed by atoms with Gasteiger partial charge in [-0.3, -0.25) is 0 Å². The highest BCUT2D eigenvalue weighted by atomic mass is 16.6. The van der Waals surface area contributed by atoms with E-state index in [1.54, 1.807) is 7.11 Å². The Balaban J connectivity index is 1.71. The number of aliphatic hydroxyl groups excluding tert-OH is 1. The van der Waals surface area contributed by atoms with E-state index >= 15 is 0 Å². The van der Waals surface area contributed by atoms with Crippen molar-refractivity contribution in [3.63, 3.8) is 0 Å². The second-order valence-corrected chi connectivity index (χ2v) is 5.12. The average molecular weight is 294 g/mol. The molecule has 22 heavy (non-hydrogen) atoms. The van der Waals surface area contributed by atoms with Crippen LogP contribution in [0.25, 0.3) is 10.8 Å². The second-order valence-electron chi connectivity index (χ2n) is 5.12. The molecule has 3 nitrogen and oxygen atoms in total. The zero-order valence-corrected chi connectivity index (χ0v) is 12.4. The van der Waals surface area contributed by atoms with Crippen molar-refractivity contribution in [2.45, 2.75) is 12.9 Å². The molecule has 112 valence electrons. The van der Waals surface area contributed by atoms with Crippen molar-refractivity contribution in [3.8, 4) is 5.75 Å². The van der Waals surface area contributed by atoms with Gasteiger partial charge in [0.25, 0.3) is 0 Å². The lowest BCUT2D eigenvalue weighted by Gasteiger charge is -2.13. The van der Waals surface area contributed by atoms with Gasteiger partial charge in [-0.15, -0.1) is 0 Å². The molecule has 0 spiro atoms. The van der Waals surface area contributed by atoms with Gasteiger partial charge < -0.3 is 14.6 Å². The molecular formula is C19H18O3. The normalized spacial score (nSPS) is 12.3. The van der Waals surface area contributed by atoms with Crippen LogP contribution in [0.5, 0.6) is 5.75 Å². The third-order valence-electron chi connectivity index (χ3n) is 3.60. The summed E-state index contributed by atoms with van der Waals surface area (Å²) in [5, 5.41) is 12.4. The highest BCUT2D eigenvalue weighted by Gasteiger charge is 2.09. The summed E-state index contributed by atoms with van der Waals surface area (Å²) in [5.74, 6) is 0.779. The van der Waals surface area contributed by atoms with Gasteiger partial charge in [-0.1, -0.05) is 48.5 Å². The van der Waals surface area contributed by atoms with Crippen molar-refractivity contribution in [2.24, 2.45) is 0 Å². The fourth-order valence-corrected chi connectivity index (χ4v) is 2.40. The van der Waals surface area contributed by atoms with Crippen molar-refractivity contribution < 1.29 is 14.6 Å². The third kappa shape index (κ3) is 3.27. The Morgan fingerprint density at radius 1 is 0.909 bits per heavy atom. The first-order valence-electron chi connectivity index (χ1n) is 7.17. The summed E-state index contributed by atoms with van der Waals surface area (Å²) in [6.45, 7) is 0.325. The summed E-state index contributed by atoms with van der Waals surface area (Å²) in [4.78, 5) is 0. The van der Waals surface area contributed by atoms with Crippen LogP contribution in [0.1, 0.15) is 17.4 Å². The lowest BCUT2D eigenvalue weighted by atomic mass is 10.1. The Bertz CT molecular complexity index is 767. The van der Waals surface area contributed by atoms with Gasteiger partial charge in [-0.2, -0.15) is 0 Å². The van der Waals surface area contributed by atoms with E-state index in [2.05, 4.69) is 0 Å². The first-order valence-corrected chi connectivity index (χ1v) is 7.17. The predicted molar refractivity (Wildman–Crippen MR) is 86.7 cm³/mol. The highest BCUT2D eigenvalue weighted by Crippen LogP contribution is 2.22. The van der Waals surface area contributed by atoms with Crippen LogP contribution in [0.4, 0.5) is 0 Å². The largest absolute Gasteiger partial charge is 0.497 e. The Labute approximate surface area is 129 Å². The van der Waals surface area contributed by atoms with Gasteiger partial charge in [0, 0.05) is 5.56 Å². The van der Waals surface area contributed by atoms with E-state index < -0.39 is 6.29 Å². The average Bonchev–Trinajstić information content (AvgIpc) is 2.59. The maximum absolute atomic E-state index is 10.2. The molecule has 0 fully saturated rings. The minimum absolute atomic E-state index is 0.325. The molecule has 1 N–H and O–H groups in total. The van der Waals surface area contributed by atoms with Gasteiger partial charge >= 0.3 is 0 Å². The van der Waals surface area contributed by atoms with Gasteiger partial charge in [0.1, 0.15) is 5.75 Å². The van der Waals surface area contributed by atoms with E-state index in [1.807, 2.05) is 66.7 Å². The summed E-state index contributed by atoms with van der Waals surface area (Å²) in [6.07, 6.45) is -0.948. The van der Waals surface area contributed by atoms with Crippen LogP contribution >= 0.6 is 0 Å². The summed E-state index contributed by atoms with van der Waals surface area (Å²) in [5.41, 5.74) is 1.71. The van der Waals surface area contributed by atoms with E-state index in [9.17, 15) is 5.11 Å². The van der Waals surface area contributed by atoms with Crippen LogP contribution in [0.2, 0.25) is 0 Å². The van der Waals surface area contributed by atoms with Crippen molar-refractivity contribution in [2.75, 3.05) is 7.11 Å². The number of methoxy groups -OCH3 is 1. The van der Waals surface area contributed by atoms with Gasteiger partial charge in [0.15, 0.2) is 6.29 Å². The third-order valence-corrected chi connectivity index (χ3v) is 3.60. The molecule has 0 amide bonds. The predicted octanol–water partition coefficient (Wildman–Crippen LogP) is 4.06. The molecule has 0 bridgehead atoms. The minimum atomic E-state index is -0.948. The molecule has 3 aromatic rings. The zero-order valence-electron chi connectivity index (χ0n) is 12.4. The lowest BCUT2D eigenvalue weighted by molar-refractivity contribution is -0.111. The van der Waals surface area contributed by atoms with Crippen LogP contribution < -0.4 is 4.74 Å². The first kappa shape index (κ1) is 14.6. The molecule has 0 heterocycles. The first-order chi connectivity index (χ1) is 10.8. The molecular weight excluding hydrogens is 276 g/mol. The SMILES string of the molecule is COc1cccc(COC(O)c2ccc3ccccc3c2)c1. The van der Waals surface area contributed by atoms with Gasteiger partial charge in [0.05, 0.1) is 13.7 Å². The van der Waals surface area contributed by atoms with Crippen LogP contribution in [-0.4, -0.2) is 12.2 Å². The number of rotatable bonds is 5. The standard InChI is InChI=1S/C19H18O3/c1-21-18-8-4-5-14(11-18)13-22-19(20)17-10-9-15-6-2-3-7-16(15)12-17/h2-12,19-20H,13H2,1H3. The summed E-state index contributed by atoms with van der Waals surface area (Å²) >= 11 is 0. The van der Waals surface area contributed by atoms with Crippen molar-refractivity contribution in [1.82, 2.24) is 0 Å². The molecule has 0 aliphatic carbocycles. The zero-order chi connectivity index (χ0) is 15.4. The van der Waals surface area contributed by atoms with Gasteiger partial charge in [-0.25, -0.2) is 0 Å². The van der Waals surface area contributed by atoms with E-state index in [0.717, 1.165) is 27.6 Å². The van der Waals surface area contributed by atoms with Crippen molar-refractivity contribution >= 4 is 10.8 Å². The Morgan fingerprint density at radius 3 is 2.55 bits per heavy atom. The Hall–Kier alpha value is -2.36. The highest BCUT2D eigenvalue weighted by molar-refractivity contribution is 5.83. The molecule has 0 radical (unpaired) electrons. The van der Waals surface area contributed by atoms with Crippen LogP contribution in [-0.2, 0) is 11.3 Å². The smallest absolute Gasteiger partial charge is 0.181 e. The molecule has 0 saturated carbocycles. The molecule has 3 aromatic carbocycles. The fraction of sp³-hybridized carbons (Fsp3) is 0.158. The van der Waals surface area contributed by atoms with E-state index in [1.165, 1.54) is 0 Å². The maximum Gasteiger partial charge on any atom is 0.181 e. The number of hydrogen-bond donors (Lipinski definition) is 1. The minimum Gasteiger partial charge on any atom is -0.497 e. The van der Waals surface area contributed by atoms with Crippen molar-refractivity contribution in [1.29, 1.82) is 0 Å². The second kappa shape index (κ2) is 6.60.